The van der Waals surface area contributed by atoms with Gasteiger partial charge in [-0.1, -0.05) is 0 Å². The Kier molecular flexibility index (Phi) is 4.84. The van der Waals surface area contributed by atoms with E-state index in [0.29, 0.717) is 49.4 Å². The fourth-order valence-corrected chi connectivity index (χ4v) is 4.66. The van der Waals surface area contributed by atoms with Crippen molar-refractivity contribution in [3.05, 3.63) is 45.1 Å². The third-order valence-electron chi connectivity index (χ3n) is 5.47. The van der Waals surface area contributed by atoms with Gasteiger partial charge in [0, 0.05) is 66.7 Å². The van der Waals surface area contributed by atoms with Crippen molar-refractivity contribution in [2.75, 3.05) is 39.3 Å². The Morgan fingerprint density at radius 1 is 1.07 bits per heavy atom. The molecule has 0 aliphatic carbocycles. The molecular weight excluding hydrogens is 458 g/mol. The van der Waals surface area contributed by atoms with Gasteiger partial charge < -0.3 is 14.2 Å². The quantitative estimate of drug-likeness (QED) is 0.577. The summed E-state index contributed by atoms with van der Waals surface area (Å²) in [6.45, 7) is 4.34. The average molecular weight is 476 g/mol. The Hall–Kier alpha value is -2.30. The number of carbonyl (C=O) groups excluding carboxylic acids is 2. The minimum atomic E-state index is -0.104. The topological polar surface area (TPSA) is 82.8 Å². The molecule has 150 valence electrons. The molecule has 29 heavy (non-hydrogen) atoms. The first-order valence-electron chi connectivity index (χ1n) is 9.34. The van der Waals surface area contributed by atoms with Gasteiger partial charge in [0.2, 0.25) is 5.71 Å². The fourth-order valence-electron chi connectivity index (χ4n) is 3.79. The number of carbonyl (C=O) groups is 2. The lowest BCUT2D eigenvalue weighted by molar-refractivity contribution is 0.00698. The van der Waals surface area contributed by atoms with Gasteiger partial charge in [0.15, 0.2) is 5.76 Å². The Balaban J connectivity index is 1.15. The number of rotatable bonds is 3. The third kappa shape index (κ3) is 3.56. The lowest BCUT2D eigenvalue weighted by atomic mass is 10.1. The van der Waals surface area contributed by atoms with Crippen LogP contribution in [0.15, 0.2) is 38.1 Å². The molecule has 10 heteroatoms. The summed E-state index contributed by atoms with van der Waals surface area (Å²) < 4.78 is 6.46. The second-order valence-electron chi connectivity index (χ2n) is 7.22. The molecule has 0 bridgehead atoms. The summed E-state index contributed by atoms with van der Waals surface area (Å²) in [4.78, 5) is 39.4. The minimum absolute atomic E-state index is 0.00134. The zero-order valence-electron chi connectivity index (χ0n) is 15.5. The molecule has 2 aliphatic heterocycles. The van der Waals surface area contributed by atoms with E-state index in [-0.39, 0.29) is 11.8 Å². The van der Waals surface area contributed by atoms with E-state index in [2.05, 4.69) is 30.8 Å². The van der Waals surface area contributed by atoms with Gasteiger partial charge in [0.05, 0.1) is 5.51 Å². The summed E-state index contributed by atoms with van der Waals surface area (Å²) in [7, 11) is 0. The number of pyridine rings is 1. The molecule has 2 amide bonds. The molecule has 0 spiro atoms. The number of hydrogen-bond donors (Lipinski definition) is 0. The van der Waals surface area contributed by atoms with E-state index >= 15 is 0 Å². The number of nitrogens with zero attached hydrogens (tertiary/aromatic N) is 5. The van der Waals surface area contributed by atoms with Crippen LogP contribution in [-0.2, 0) is 0 Å². The number of thiazole rings is 1. The molecule has 2 saturated heterocycles. The zero-order chi connectivity index (χ0) is 20.0. The normalized spacial score (nSPS) is 18.2. The van der Waals surface area contributed by atoms with Gasteiger partial charge in [-0.3, -0.25) is 14.5 Å². The van der Waals surface area contributed by atoms with Crippen LogP contribution in [-0.4, -0.2) is 81.8 Å². The van der Waals surface area contributed by atoms with E-state index in [1.807, 2.05) is 11.0 Å². The van der Waals surface area contributed by atoms with Gasteiger partial charge in [-0.2, -0.15) is 0 Å². The molecule has 8 nitrogen and oxygen atoms in total. The van der Waals surface area contributed by atoms with Gasteiger partial charge in [-0.25, -0.2) is 9.97 Å². The highest BCUT2D eigenvalue weighted by atomic mass is 79.9. The minimum Gasteiger partial charge on any atom is -0.433 e. The van der Waals surface area contributed by atoms with E-state index < -0.39 is 0 Å². The molecule has 0 atom stereocenters. The first-order valence-corrected chi connectivity index (χ1v) is 11.1. The summed E-state index contributed by atoms with van der Waals surface area (Å²) in [5.74, 6) is 0.219. The third-order valence-corrected chi connectivity index (χ3v) is 6.49. The van der Waals surface area contributed by atoms with Crippen molar-refractivity contribution >= 4 is 50.2 Å². The van der Waals surface area contributed by atoms with Crippen molar-refractivity contribution in [1.29, 1.82) is 0 Å². The second kappa shape index (κ2) is 7.51. The van der Waals surface area contributed by atoms with E-state index in [0.717, 1.165) is 22.9 Å². The lowest BCUT2D eigenvalue weighted by Gasteiger charge is -2.47. The lowest BCUT2D eigenvalue weighted by Crippen LogP contribution is -2.64. The number of aromatic nitrogens is 2. The Morgan fingerprint density at radius 2 is 1.86 bits per heavy atom. The number of hydrogen-bond acceptors (Lipinski definition) is 7. The zero-order valence-corrected chi connectivity index (χ0v) is 17.9. The molecule has 5 heterocycles. The molecule has 2 aliphatic rings. The van der Waals surface area contributed by atoms with E-state index in [1.165, 1.54) is 11.3 Å². The van der Waals surface area contributed by atoms with E-state index in [9.17, 15) is 9.59 Å². The number of likely N-dealkylation sites (tertiary alicyclic amines) is 1. The monoisotopic (exact) mass is 475 g/mol. The van der Waals surface area contributed by atoms with Crippen molar-refractivity contribution in [3.63, 3.8) is 0 Å². The van der Waals surface area contributed by atoms with Crippen molar-refractivity contribution in [2.24, 2.45) is 0 Å². The molecule has 0 unspecified atom stereocenters. The number of furan rings is 1. The second-order valence-corrected chi connectivity index (χ2v) is 8.86. The number of fused-ring (bicyclic) bond motifs is 1. The highest BCUT2D eigenvalue weighted by Crippen LogP contribution is 2.25. The van der Waals surface area contributed by atoms with Crippen LogP contribution in [0.3, 0.4) is 0 Å². The molecule has 0 saturated carbocycles. The smallest absolute Gasteiger partial charge is 0.289 e. The molecule has 3 aromatic rings. The standard InChI is InChI=1S/C19H18BrN5O3S/c20-13-5-12-6-16(28-17(12)21-7-13)19(27)25-8-14(9-25)23-1-3-24(4-2-23)18(26)15-10-29-11-22-15/h5-7,10-11,14H,1-4,8-9H2. The summed E-state index contributed by atoms with van der Waals surface area (Å²) in [5.41, 5.74) is 2.67. The molecule has 0 aromatic carbocycles. The largest absolute Gasteiger partial charge is 0.433 e. The van der Waals surface area contributed by atoms with Crippen LogP contribution in [0.4, 0.5) is 0 Å². The highest BCUT2D eigenvalue weighted by Gasteiger charge is 2.38. The van der Waals surface area contributed by atoms with Gasteiger partial charge in [-0.05, 0) is 28.1 Å². The maximum atomic E-state index is 12.7. The van der Waals surface area contributed by atoms with E-state index in [1.54, 1.807) is 28.1 Å². The summed E-state index contributed by atoms with van der Waals surface area (Å²) >= 11 is 4.81. The molecule has 5 rings (SSSR count). The summed E-state index contributed by atoms with van der Waals surface area (Å²) in [6.07, 6.45) is 1.65. The first-order chi connectivity index (χ1) is 14.1. The maximum Gasteiger partial charge on any atom is 0.289 e. The molecule has 0 N–H and O–H groups in total. The molecule has 0 radical (unpaired) electrons. The molecule has 3 aromatic heterocycles. The van der Waals surface area contributed by atoms with Gasteiger partial charge in [0.1, 0.15) is 5.69 Å². The number of halogens is 1. The van der Waals surface area contributed by atoms with Crippen LogP contribution in [0.2, 0.25) is 0 Å². The molecular formula is C19H18BrN5O3S. The fraction of sp³-hybridized carbons (Fsp3) is 0.368. The Morgan fingerprint density at radius 3 is 2.59 bits per heavy atom. The number of piperazine rings is 1. The van der Waals surface area contributed by atoms with Crippen molar-refractivity contribution < 1.29 is 14.0 Å². The average Bonchev–Trinajstić information content (AvgIpc) is 3.36. The predicted octanol–water partition coefficient (Wildman–Crippen LogP) is 2.33. The van der Waals surface area contributed by atoms with Gasteiger partial charge >= 0.3 is 0 Å². The van der Waals surface area contributed by atoms with Crippen LogP contribution < -0.4 is 0 Å². The molecule has 2 fully saturated rings. The van der Waals surface area contributed by atoms with Crippen LogP contribution in [0.1, 0.15) is 21.0 Å². The van der Waals surface area contributed by atoms with Gasteiger partial charge in [0.25, 0.3) is 11.8 Å². The summed E-state index contributed by atoms with van der Waals surface area (Å²) in [6, 6.07) is 3.95. The summed E-state index contributed by atoms with van der Waals surface area (Å²) in [5, 5.41) is 2.59. The highest BCUT2D eigenvalue weighted by molar-refractivity contribution is 9.10. The Bertz CT molecular complexity index is 1060. The van der Waals surface area contributed by atoms with Crippen LogP contribution in [0, 0.1) is 0 Å². The maximum absolute atomic E-state index is 12.7. The van der Waals surface area contributed by atoms with E-state index in [4.69, 9.17) is 4.42 Å². The van der Waals surface area contributed by atoms with Crippen molar-refractivity contribution in [1.82, 2.24) is 24.7 Å². The predicted molar refractivity (Wildman–Crippen MR) is 111 cm³/mol. The van der Waals surface area contributed by atoms with Crippen LogP contribution in [0.25, 0.3) is 11.1 Å². The number of amides is 2. The van der Waals surface area contributed by atoms with Crippen molar-refractivity contribution in [3.8, 4) is 0 Å². The first kappa shape index (κ1) is 18.7. The SMILES string of the molecule is O=C(c1cscn1)N1CCN(C2CN(C(=O)c3cc4cc(Br)cnc4o3)C2)CC1. The van der Waals surface area contributed by atoms with Gasteiger partial charge in [-0.15, -0.1) is 11.3 Å². The van der Waals surface area contributed by atoms with Crippen LogP contribution >= 0.6 is 27.3 Å². The van der Waals surface area contributed by atoms with Crippen molar-refractivity contribution in [2.45, 2.75) is 6.04 Å². The van der Waals surface area contributed by atoms with Crippen LogP contribution in [0.5, 0.6) is 0 Å². The Labute approximate surface area is 179 Å².